The average Bonchev–Trinajstić information content (AvgIpc) is 3.80. The van der Waals surface area contributed by atoms with E-state index < -0.39 is 0 Å². The van der Waals surface area contributed by atoms with Crippen molar-refractivity contribution in [2.75, 3.05) is 4.90 Å². The summed E-state index contributed by atoms with van der Waals surface area (Å²) >= 11 is 0. The topological polar surface area (TPSA) is 8.17 Å². The van der Waals surface area contributed by atoms with E-state index >= 15 is 0 Å². The summed E-state index contributed by atoms with van der Waals surface area (Å²) in [5, 5.41) is 12.4. The van der Waals surface area contributed by atoms with E-state index in [1.165, 1.54) is 98.3 Å². The largest absolute Gasteiger partial charge is 0.310 e. The molecule has 0 saturated carbocycles. The molecule has 0 N–H and O–H groups in total. The van der Waals surface area contributed by atoms with Crippen LogP contribution in [-0.4, -0.2) is 4.57 Å². The summed E-state index contributed by atoms with van der Waals surface area (Å²) in [5.41, 5.74) is 16.4. The van der Waals surface area contributed by atoms with Gasteiger partial charge in [-0.3, -0.25) is 0 Å². The van der Waals surface area contributed by atoms with Crippen molar-refractivity contribution in [3.05, 3.63) is 279 Å². The second-order valence-electron chi connectivity index (χ2n) is 18.8. The first-order valence-electron chi connectivity index (χ1n) is 24.8. The fourth-order valence-corrected chi connectivity index (χ4v) is 11.5. The van der Waals surface area contributed by atoms with Gasteiger partial charge in [-0.05, 0) is 131 Å². The quantitative estimate of drug-likeness (QED) is 0.138. The summed E-state index contributed by atoms with van der Waals surface area (Å²) in [6.45, 7) is 0. The van der Waals surface area contributed by atoms with Gasteiger partial charge in [-0.1, -0.05) is 224 Å². The highest BCUT2D eigenvalue weighted by Crippen LogP contribution is 2.47. The highest BCUT2D eigenvalue weighted by Gasteiger charge is 2.22. The summed E-state index contributed by atoms with van der Waals surface area (Å²) in [5.74, 6) is 0. The summed E-state index contributed by atoms with van der Waals surface area (Å²) in [6, 6.07) is 102. The van der Waals surface area contributed by atoms with Crippen molar-refractivity contribution in [1.29, 1.82) is 0 Å². The van der Waals surface area contributed by atoms with Gasteiger partial charge in [0.2, 0.25) is 0 Å². The molecule has 1 heterocycles. The smallest absolute Gasteiger partial charge is 0.0619 e. The molecule has 2 nitrogen and oxygen atoms in total. The number of benzene rings is 13. The molecule has 2 heteroatoms. The van der Waals surface area contributed by atoms with Crippen molar-refractivity contribution in [2.24, 2.45) is 0 Å². The highest BCUT2D eigenvalue weighted by atomic mass is 15.1. The Morgan fingerprint density at radius 2 is 0.806 bits per heavy atom. The number of anilines is 3. The minimum atomic E-state index is 1.08. The van der Waals surface area contributed by atoms with Gasteiger partial charge in [-0.15, -0.1) is 0 Å². The van der Waals surface area contributed by atoms with Crippen molar-refractivity contribution in [2.45, 2.75) is 0 Å². The van der Waals surface area contributed by atoms with Gasteiger partial charge >= 0.3 is 0 Å². The van der Waals surface area contributed by atoms with E-state index in [9.17, 15) is 0 Å². The second kappa shape index (κ2) is 17.2. The zero-order valence-electron chi connectivity index (χ0n) is 39.5. The molecule has 0 unspecified atom stereocenters. The van der Waals surface area contributed by atoms with E-state index in [4.69, 9.17) is 0 Å². The number of hydrogen-bond acceptors (Lipinski definition) is 1. The molecule has 0 aliphatic carbocycles. The van der Waals surface area contributed by atoms with E-state index in [1.54, 1.807) is 0 Å². The standard InChI is InChI=1S/C70H46N2/c1-4-20-49(21-5-1)68-63-31-13-12-29-59(63)60-43-40-51(46-65(60)69(68)50-22-6-2-7-23-50)47-37-41-54(42-38-47)71(66-36-18-33-58-56-28-11-10-19-48(56)39-44-62(58)66)55-27-16-24-52(45-55)57-32-17-34-64-61-30-14-15-35-67(61)72(70(57)64)53-25-8-3-9-26-53/h1-46H. The Morgan fingerprint density at radius 3 is 1.58 bits per heavy atom. The zero-order valence-corrected chi connectivity index (χ0v) is 39.5. The highest BCUT2D eigenvalue weighted by molar-refractivity contribution is 6.22. The van der Waals surface area contributed by atoms with Crippen molar-refractivity contribution in [1.82, 2.24) is 4.57 Å². The van der Waals surface area contributed by atoms with E-state index in [0.29, 0.717) is 0 Å². The first kappa shape index (κ1) is 41.5. The second-order valence-corrected chi connectivity index (χ2v) is 18.8. The van der Waals surface area contributed by atoms with Crippen molar-refractivity contribution < 1.29 is 0 Å². The molecule has 1 aromatic heterocycles. The van der Waals surface area contributed by atoms with Gasteiger partial charge < -0.3 is 9.47 Å². The molecule has 14 aromatic rings. The van der Waals surface area contributed by atoms with E-state index in [0.717, 1.165) is 33.9 Å². The van der Waals surface area contributed by atoms with Crippen molar-refractivity contribution >= 4 is 82.0 Å². The van der Waals surface area contributed by atoms with Gasteiger partial charge in [0.25, 0.3) is 0 Å². The first-order valence-corrected chi connectivity index (χ1v) is 24.8. The monoisotopic (exact) mass is 914 g/mol. The van der Waals surface area contributed by atoms with Crippen molar-refractivity contribution in [3.8, 4) is 50.2 Å². The van der Waals surface area contributed by atoms with Crippen LogP contribution in [0.15, 0.2) is 279 Å². The molecular formula is C70H46N2. The lowest BCUT2D eigenvalue weighted by molar-refractivity contribution is 1.18. The van der Waals surface area contributed by atoms with Crippen LogP contribution in [0.4, 0.5) is 17.1 Å². The predicted molar refractivity (Wildman–Crippen MR) is 307 cm³/mol. The minimum Gasteiger partial charge on any atom is -0.310 e. The lowest BCUT2D eigenvalue weighted by atomic mass is 9.84. The van der Waals surface area contributed by atoms with Gasteiger partial charge in [0.15, 0.2) is 0 Å². The summed E-state index contributed by atoms with van der Waals surface area (Å²) in [7, 11) is 0. The molecule has 0 amide bonds. The number of para-hydroxylation sites is 3. The van der Waals surface area contributed by atoms with Crippen LogP contribution < -0.4 is 4.90 Å². The molecule has 0 bridgehead atoms. The van der Waals surface area contributed by atoms with E-state index in [1.807, 2.05) is 0 Å². The summed E-state index contributed by atoms with van der Waals surface area (Å²) in [6.07, 6.45) is 0. The van der Waals surface area contributed by atoms with Gasteiger partial charge in [0, 0.05) is 38.8 Å². The molecule has 0 aliphatic heterocycles. The minimum absolute atomic E-state index is 1.08. The van der Waals surface area contributed by atoms with Gasteiger partial charge in [-0.2, -0.15) is 0 Å². The normalized spacial score (nSPS) is 11.6. The van der Waals surface area contributed by atoms with Crippen LogP contribution in [0.25, 0.3) is 115 Å². The molecular weight excluding hydrogens is 869 g/mol. The van der Waals surface area contributed by atoms with E-state index in [2.05, 4.69) is 289 Å². The number of rotatable bonds is 8. The molecule has 13 aromatic carbocycles. The Kier molecular flexibility index (Phi) is 9.89. The number of aromatic nitrogens is 1. The van der Waals surface area contributed by atoms with Gasteiger partial charge in [0.1, 0.15) is 0 Å². The molecule has 0 saturated heterocycles. The number of fused-ring (bicyclic) bond motifs is 9. The van der Waals surface area contributed by atoms with Crippen molar-refractivity contribution in [3.63, 3.8) is 0 Å². The molecule has 14 rings (SSSR count). The van der Waals surface area contributed by atoms with Crippen LogP contribution in [0.1, 0.15) is 0 Å². The molecule has 0 fully saturated rings. The first-order chi connectivity index (χ1) is 35.7. The Bertz CT molecular complexity index is 4360. The van der Waals surface area contributed by atoms with Crippen LogP contribution in [-0.2, 0) is 0 Å². The van der Waals surface area contributed by atoms with Crippen LogP contribution in [0.3, 0.4) is 0 Å². The number of hydrogen-bond donors (Lipinski definition) is 0. The maximum absolute atomic E-state index is 2.45. The zero-order chi connectivity index (χ0) is 47.5. The van der Waals surface area contributed by atoms with Gasteiger partial charge in [-0.25, -0.2) is 0 Å². The summed E-state index contributed by atoms with van der Waals surface area (Å²) < 4.78 is 2.43. The summed E-state index contributed by atoms with van der Waals surface area (Å²) in [4.78, 5) is 2.45. The SMILES string of the molecule is c1ccc(-c2c(-c3ccccc3)c3cc(-c4ccc(N(c5cccc(-c6cccc7c8ccccc8n(-c8ccccc8)c67)c5)c5cccc6c5ccc5ccccc56)cc4)ccc3c3ccccc23)cc1. The Hall–Kier alpha value is -9.50. The lowest BCUT2D eigenvalue weighted by Gasteiger charge is -2.28. The van der Waals surface area contributed by atoms with Crippen LogP contribution >= 0.6 is 0 Å². The van der Waals surface area contributed by atoms with E-state index in [-0.39, 0.29) is 0 Å². The maximum atomic E-state index is 2.45. The third kappa shape index (κ3) is 6.80. The van der Waals surface area contributed by atoms with Crippen LogP contribution in [0.5, 0.6) is 0 Å². The fourth-order valence-electron chi connectivity index (χ4n) is 11.5. The lowest BCUT2D eigenvalue weighted by Crippen LogP contribution is -2.10. The predicted octanol–water partition coefficient (Wildman–Crippen LogP) is 19.5. The Balaban J connectivity index is 0.955. The molecule has 0 atom stereocenters. The Labute approximate surface area is 418 Å². The van der Waals surface area contributed by atoms with Crippen LogP contribution in [0, 0.1) is 0 Å². The number of nitrogens with zero attached hydrogens (tertiary/aromatic N) is 2. The third-order valence-electron chi connectivity index (χ3n) is 14.7. The third-order valence-corrected chi connectivity index (χ3v) is 14.7. The Morgan fingerprint density at radius 1 is 0.264 bits per heavy atom. The van der Waals surface area contributed by atoms with Crippen LogP contribution in [0.2, 0.25) is 0 Å². The van der Waals surface area contributed by atoms with Gasteiger partial charge in [0.05, 0.1) is 16.7 Å². The molecule has 0 radical (unpaired) electrons. The molecule has 0 spiro atoms. The fraction of sp³-hybridized carbons (Fsp3) is 0. The molecule has 72 heavy (non-hydrogen) atoms. The maximum Gasteiger partial charge on any atom is 0.0619 e. The molecule has 336 valence electrons. The average molecular weight is 915 g/mol. The molecule has 0 aliphatic rings.